The van der Waals surface area contributed by atoms with E-state index in [9.17, 15) is 4.79 Å². The normalized spacial score (nSPS) is 10.8. The maximum absolute atomic E-state index is 11.8. The number of anilines is 1. The van der Waals surface area contributed by atoms with Gasteiger partial charge in [-0.1, -0.05) is 19.9 Å². The maximum Gasteiger partial charge on any atom is 0.241 e. The topological polar surface area (TPSA) is 35.6 Å². The molecule has 1 N–H and O–H groups in total. The molecule has 0 saturated carbocycles. The lowest BCUT2D eigenvalue weighted by atomic mass is 10.1. The molecule has 0 aliphatic rings. The molecule has 1 aromatic rings. The first-order valence-electron chi connectivity index (χ1n) is 7.52. The number of benzene rings is 1. The molecule has 0 spiro atoms. The van der Waals surface area contributed by atoms with E-state index in [1.807, 2.05) is 11.9 Å². The van der Waals surface area contributed by atoms with Crippen molar-refractivity contribution >= 4 is 11.6 Å². The number of likely N-dealkylation sites (N-methyl/N-ethyl adjacent to an activating group) is 2. The summed E-state index contributed by atoms with van der Waals surface area (Å²) < 4.78 is 0. The van der Waals surface area contributed by atoms with Gasteiger partial charge in [0.1, 0.15) is 0 Å². The van der Waals surface area contributed by atoms with Crippen molar-refractivity contribution in [2.45, 2.75) is 27.3 Å². The van der Waals surface area contributed by atoms with Crippen LogP contribution in [0.5, 0.6) is 0 Å². The zero-order chi connectivity index (χ0) is 16.0. The molecule has 1 aromatic carbocycles. The van der Waals surface area contributed by atoms with E-state index in [0.717, 1.165) is 18.8 Å². The minimum Gasteiger partial charge on any atom is -0.365 e. The minimum atomic E-state index is 0.109. The fourth-order valence-electron chi connectivity index (χ4n) is 2.05. The van der Waals surface area contributed by atoms with Crippen molar-refractivity contribution in [1.82, 2.24) is 10.2 Å². The molecule has 1 rings (SSSR count). The van der Waals surface area contributed by atoms with Crippen LogP contribution in [0, 0.1) is 12.8 Å². The summed E-state index contributed by atoms with van der Waals surface area (Å²) in [5.74, 6) is 0.769. The predicted molar refractivity (Wildman–Crippen MR) is 89.7 cm³/mol. The van der Waals surface area contributed by atoms with E-state index in [1.54, 1.807) is 19.0 Å². The Bertz CT molecular complexity index is 469. The zero-order valence-corrected chi connectivity index (χ0v) is 14.2. The molecule has 4 nitrogen and oxygen atoms in total. The van der Waals surface area contributed by atoms with Crippen LogP contribution < -0.4 is 10.2 Å². The number of rotatable bonds is 7. The maximum atomic E-state index is 11.8. The Morgan fingerprint density at radius 2 is 1.90 bits per heavy atom. The van der Waals surface area contributed by atoms with Crippen LogP contribution in [0.25, 0.3) is 0 Å². The monoisotopic (exact) mass is 291 g/mol. The molecule has 0 bridgehead atoms. The average molecular weight is 291 g/mol. The highest BCUT2D eigenvalue weighted by Crippen LogP contribution is 2.18. The molecule has 21 heavy (non-hydrogen) atoms. The van der Waals surface area contributed by atoms with Gasteiger partial charge in [0.15, 0.2) is 0 Å². The zero-order valence-electron chi connectivity index (χ0n) is 14.2. The second-order valence-electron chi connectivity index (χ2n) is 6.28. The fourth-order valence-corrected chi connectivity index (χ4v) is 2.05. The first-order chi connectivity index (χ1) is 9.81. The van der Waals surface area contributed by atoms with Crippen molar-refractivity contribution in [2.24, 2.45) is 5.92 Å². The van der Waals surface area contributed by atoms with Crippen LogP contribution in [0.15, 0.2) is 18.2 Å². The number of hydrogen-bond acceptors (Lipinski definition) is 3. The van der Waals surface area contributed by atoms with Crippen LogP contribution in [0.3, 0.4) is 0 Å². The third-order valence-electron chi connectivity index (χ3n) is 3.51. The van der Waals surface area contributed by atoms with Crippen molar-refractivity contribution in [1.29, 1.82) is 0 Å². The number of nitrogens with zero attached hydrogens (tertiary/aromatic N) is 2. The lowest BCUT2D eigenvalue weighted by molar-refractivity contribution is -0.127. The van der Waals surface area contributed by atoms with Gasteiger partial charge >= 0.3 is 0 Å². The summed E-state index contributed by atoms with van der Waals surface area (Å²) in [5, 5.41) is 3.46. The van der Waals surface area contributed by atoms with Crippen LogP contribution in [-0.2, 0) is 11.3 Å². The number of nitrogens with one attached hydrogen (secondary N) is 1. The van der Waals surface area contributed by atoms with Crippen LogP contribution in [0.1, 0.15) is 25.0 Å². The van der Waals surface area contributed by atoms with E-state index >= 15 is 0 Å². The minimum absolute atomic E-state index is 0.109. The molecule has 0 heterocycles. The van der Waals surface area contributed by atoms with Crippen molar-refractivity contribution < 1.29 is 4.79 Å². The van der Waals surface area contributed by atoms with E-state index in [1.165, 1.54) is 11.1 Å². The number of aryl methyl sites for hydroxylation is 1. The molecule has 0 aromatic heterocycles. The summed E-state index contributed by atoms with van der Waals surface area (Å²) in [6.07, 6.45) is 0. The van der Waals surface area contributed by atoms with Gasteiger partial charge in [-0.15, -0.1) is 0 Å². The Morgan fingerprint density at radius 3 is 2.43 bits per heavy atom. The quantitative estimate of drug-likeness (QED) is 0.837. The standard InChI is InChI=1S/C17H29N3O/c1-13(2)10-18-11-15-7-8-16(9-14(15)3)20(6)12-17(21)19(4)5/h7-9,13,18H,10-12H2,1-6H3. The second kappa shape index (κ2) is 8.03. The first kappa shape index (κ1) is 17.5. The molecule has 0 radical (unpaired) electrons. The van der Waals surface area contributed by atoms with Crippen LogP contribution in [0.4, 0.5) is 5.69 Å². The van der Waals surface area contributed by atoms with Crippen LogP contribution in [0.2, 0.25) is 0 Å². The molecule has 0 saturated heterocycles. The van der Waals surface area contributed by atoms with Gasteiger partial charge in [0, 0.05) is 33.4 Å². The van der Waals surface area contributed by atoms with Gasteiger partial charge in [-0.25, -0.2) is 0 Å². The van der Waals surface area contributed by atoms with E-state index in [0.29, 0.717) is 12.5 Å². The largest absolute Gasteiger partial charge is 0.365 e. The van der Waals surface area contributed by atoms with Gasteiger partial charge in [0.2, 0.25) is 5.91 Å². The van der Waals surface area contributed by atoms with E-state index in [4.69, 9.17) is 0 Å². The van der Waals surface area contributed by atoms with Crippen molar-refractivity contribution in [2.75, 3.05) is 39.1 Å². The highest BCUT2D eigenvalue weighted by Gasteiger charge is 2.10. The molecule has 118 valence electrons. The molecule has 0 aliphatic carbocycles. The fraction of sp³-hybridized carbons (Fsp3) is 0.588. The molecule has 0 atom stereocenters. The molecular formula is C17H29N3O. The second-order valence-corrected chi connectivity index (χ2v) is 6.28. The molecule has 0 fully saturated rings. The summed E-state index contributed by atoms with van der Waals surface area (Å²) in [6.45, 7) is 8.86. The summed E-state index contributed by atoms with van der Waals surface area (Å²) in [5.41, 5.74) is 3.65. The highest BCUT2D eigenvalue weighted by molar-refractivity contribution is 5.80. The van der Waals surface area contributed by atoms with Gasteiger partial charge in [-0.2, -0.15) is 0 Å². The molecule has 0 aliphatic heterocycles. The predicted octanol–water partition coefficient (Wildman–Crippen LogP) is 2.27. The number of carbonyl (C=O) groups excluding carboxylic acids is 1. The lowest BCUT2D eigenvalue weighted by Crippen LogP contribution is -2.34. The van der Waals surface area contributed by atoms with Crippen molar-refractivity contribution in [3.63, 3.8) is 0 Å². The van der Waals surface area contributed by atoms with Crippen LogP contribution in [-0.4, -0.2) is 45.0 Å². The van der Waals surface area contributed by atoms with Gasteiger partial charge in [-0.05, 0) is 42.6 Å². The average Bonchev–Trinajstić information content (AvgIpc) is 2.39. The Morgan fingerprint density at radius 1 is 1.24 bits per heavy atom. The SMILES string of the molecule is Cc1cc(N(C)CC(=O)N(C)C)ccc1CNCC(C)C. The Hall–Kier alpha value is -1.55. The molecular weight excluding hydrogens is 262 g/mol. The lowest BCUT2D eigenvalue weighted by Gasteiger charge is -2.22. The Kier molecular flexibility index (Phi) is 6.69. The first-order valence-corrected chi connectivity index (χ1v) is 7.52. The van der Waals surface area contributed by atoms with Crippen molar-refractivity contribution in [3.05, 3.63) is 29.3 Å². The van der Waals surface area contributed by atoms with Gasteiger partial charge < -0.3 is 15.1 Å². The summed E-state index contributed by atoms with van der Waals surface area (Å²) in [7, 11) is 5.52. The Labute approximate surface area is 129 Å². The summed E-state index contributed by atoms with van der Waals surface area (Å²) >= 11 is 0. The van der Waals surface area contributed by atoms with E-state index in [-0.39, 0.29) is 5.91 Å². The third-order valence-corrected chi connectivity index (χ3v) is 3.51. The number of carbonyl (C=O) groups is 1. The third kappa shape index (κ3) is 5.76. The summed E-state index contributed by atoms with van der Waals surface area (Å²) in [4.78, 5) is 15.4. The van der Waals surface area contributed by atoms with E-state index in [2.05, 4.69) is 44.3 Å². The summed E-state index contributed by atoms with van der Waals surface area (Å²) in [6, 6.07) is 6.38. The van der Waals surface area contributed by atoms with E-state index < -0.39 is 0 Å². The van der Waals surface area contributed by atoms with Crippen LogP contribution >= 0.6 is 0 Å². The van der Waals surface area contributed by atoms with Gasteiger partial charge in [-0.3, -0.25) is 4.79 Å². The number of amides is 1. The molecule has 1 amide bonds. The van der Waals surface area contributed by atoms with Crippen molar-refractivity contribution in [3.8, 4) is 0 Å². The highest BCUT2D eigenvalue weighted by atomic mass is 16.2. The molecule has 4 heteroatoms. The number of hydrogen-bond donors (Lipinski definition) is 1. The molecule has 0 unspecified atom stereocenters. The Balaban J connectivity index is 2.66. The smallest absolute Gasteiger partial charge is 0.241 e. The van der Waals surface area contributed by atoms with Gasteiger partial charge in [0.25, 0.3) is 0 Å². The van der Waals surface area contributed by atoms with Gasteiger partial charge in [0.05, 0.1) is 6.54 Å².